The van der Waals surface area contributed by atoms with E-state index < -0.39 is 0 Å². The smallest absolute Gasteiger partial charge is 0.227 e. The van der Waals surface area contributed by atoms with Crippen LogP contribution >= 0.6 is 9.47 Å². The molecule has 0 aliphatic carbocycles. The fourth-order valence-corrected chi connectivity index (χ4v) is 3.24. The van der Waals surface area contributed by atoms with Gasteiger partial charge in [0, 0.05) is 17.8 Å². The Morgan fingerprint density at radius 1 is 1.22 bits per heavy atom. The highest BCUT2D eigenvalue weighted by molar-refractivity contribution is 7.08. The molecule has 0 spiro atoms. The average Bonchev–Trinajstić information content (AvgIpc) is 3.18. The van der Waals surface area contributed by atoms with E-state index in [0.29, 0.717) is 12.0 Å². The molecule has 2 N–H and O–H groups in total. The molecule has 1 unspecified atom stereocenters. The maximum absolute atomic E-state index is 6.92. The molecule has 2 aromatic heterocycles. The largest absolute Gasteiger partial charge is 0.494 e. The van der Waals surface area contributed by atoms with Gasteiger partial charge in [0.1, 0.15) is 11.3 Å². The second-order valence-electron chi connectivity index (χ2n) is 6.46. The lowest BCUT2D eigenvalue weighted by molar-refractivity contribution is 0.212. The molecular weight excluding hydrogens is 363 g/mol. The van der Waals surface area contributed by atoms with E-state index in [1.54, 1.807) is 13.3 Å². The zero-order chi connectivity index (χ0) is 19.2. The Morgan fingerprint density at radius 3 is 2.74 bits per heavy atom. The first-order chi connectivity index (χ1) is 13.2. The summed E-state index contributed by atoms with van der Waals surface area (Å²) in [7, 11) is 5.23. The van der Waals surface area contributed by atoms with E-state index in [0.717, 1.165) is 48.3 Å². The predicted molar refractivity (Wildman–Crippen MR) is 109 cm³/mol. The van der Waals surface area contributed by atoms with Crippen LogP contribution in [0.15, 0.2) is 36.8 Å². The first-order valence-electron chi connectivity index (χ1n) is 8.78. The summed E-state index contributed by atoms with van der Waals surface area (Å²) in [6, 6.07) is 6.27. The van der Waals surface area contributed by atoms with Crippen LogP contribution in [0.25, 0.3) is 10.9 Å². The molecule has 8 nitrogen and oxygen atoms in total. The Bertz CT molecular complexity index is 879. The van der Waals surface area contributed by atoms with Crippen LogP contribution in [0.5, 0.6) is 5.75 Å². The van der Waals surface area contributed by atoms with Gasteiger partial charge in [0.2, 0.25) is 5.95 Å². The number of rotatable bonds is 4. The molecule has 1 aromatic carbocycles. The zero-order valence-corrected chi connectivity index (χ0v) is 16.7. The van der Waals surface area contributed by atoms with Gasteiger partial charge < -0.3 is 19.8 Å². The fraction of sp³-hybridized carbons (Fsp3) is 0.389. The van der Waals surface area contributed by atoms with Crippen molar-refractivity contribution in [2.45, 2.75) is 18.9 Å². The zero-order valence-electron chi connectivity index (χ0n) is 15.5. The van der Waals surface area contributed by atoms with Crippen molar-refractivity contribution in [1.29, 1.82) is 0 Å². The molecule has 3 aromatic rings. The summed E-state index contributed by atoms with van der Waals surface area (Å²) in [6.45, 7) is 2.22. The molecule has 1 saturated heterocycles. The molecule has 1 aliphatic rings. The predicted octanol–water partition coefficient (Wildman–Crippen LogP) is 2.61. The number of benzene rings is 1. The van der Waals surface area contributed by atoms with E-state index in [4.69, 9.17) is 9.63 Å². The number of piperidine rings is 1. The molecule has 0 radical (unpaired) electrons. The highest BCUT2D eigenvalue weighted by Gasteiger charge is 2.19. The van der Waals surface area contributed by atoms with Crippen LogP contribution in [-0.2, 0) is 0 Å². The van der Waals surface area contributed by atoms with Crippen LogP contribution in [0.4, 0.5) is 11.6 Å². The summed E-state index contributed by atoms with van der Waals surface area (Å²) >= 11 is 0. The topological polar surface area (TPSA) is 88.3 Å². The number of hydrogen-bond donors (Lipinski definition) is 2. The molecule has 4 rings (SSSR count). The number of nitrogens with one attached hydrogen (secondary N) is 1. The summed E-state index contributed by atoms with van der Waals surface area (Å²) in [4.78, 5) is 18.2. The third-order valence-corrected chi connectivity index (χ3v) is 4.71. The third-order valence-electron chi connectivity index (χ3n) is 4.71. The molecule has 27 heavy (non-hydrogen) atoms. The van der Waals surface area contributed by atoms with Crippen molar-refractivity contribution >= 4 is 32.0 Å². The van der Waals surface area contributed by atoms with Crippen LogP contribution in [-0.4, -0.2) is 56.8 Å². The number of ether oxygens (including phenoxy) is 1. The summed E-state index contributed by atoms with van der Waals surface area (Å²) in [5.41, 5.74) is 1.69. The Hall–Kier alpha value is -2.28. The van der Waals surface area contributed by atoms with Crippen molar-refractivity contribution in [2.75, 3.05) is 32.6 Å². The van der Waals surface area contributed by atoms with Crippen molar-refractivity contribution in [2.24, 2.45) is 0 Å². The summed E-state index contributed by atoms with van der Waals surface area (Å²) < 4.78 is 7.44. The van der Waals surface area contributed by atoms with Crippen molar-refractivity contribution in [3.63, 3.8) is 0 Å². The number of anilines is 2. The second kappa shape index (κ2) is 9.08. The standard InChI is InChI=1S/C18H22N6O.H3OP/c1-23-8-6-15(7-9-23)24-12-14(11-20-24)21-18-19-10-13-4-3-5-16(25-2)17(13)22-18;1-2/h3-5,10-12,15H,6-9H2,1-2H3,(H,19,21,22);1H,2H2. The lowest BCUT2D eigenvalue weighted by atomic mass is 10.1. The lowest BCUT2D eigenvalue weighted by Gasteiger charge is -2.28. The van der Waals surface area contributed by atoms with Gasteiger partial charge in [-0.15, -0.1) is 0 Å². The number of nitrogens with zero attached hydrogens (tertiary/aromatic N) is 5. The molecule has 0 bridgehead atoms. The minimum absolute atomic E-state index is 0.462. The highest BCUT2D eigenvalue weighted by Crippen LogP contribution is 2.26. The number of methoxy groups -OCH3 is 1. The highest BCUT2D eigenvalue weighted by atomic mass is 31.0. The van der Waals surface area contributed by atoms with E-state index in [9.17, 15) is 0 Å². The molecule has 9 heteroatoms. The van der Waals surface area contributed by atoms with Crippen LogP contribution in [0.2, 0.25) is 0 Å². The molecule has 3 heterocycles. The van der Waals surface area contributed by atoms with Gasteiger partial charge in [-0.25, -0.2) is 9.97 Å². The third kappa shape index (κ3) is 4.53. The molecule has 144 valence electrons. The summed E-state index contributed by atoms with van der Waals surface area (Å²) in [6.07, 6.45) is 7.91. The number of aromatic nitrogens is 4. The number of likely N-dealkylation sites (tertiary alicyclic amines) is 1. The summed E-state index contributed by atoms with van der Waals surface area (Å²) in [5.74, 6) is 1.28. The van der Waals surface area contributed by atoms with E-state index in [2.05, 4.69) is 37.0 Å². The molecule has 1 aliphatic heterocycles. The average molecular weight is 388 g/mol. The first-order valence-corrected chi connectivity index (χ1v) is 9.30. The lowest BCUT2D eigenvalue weighted by Crippen LogP contribution is -2.31. The molecule has 1 fully saturated rings. The maximum atomic E-state index is 6.92. The van der Waals surface area contributed by atoms with E-state index in [1.807, 2.05) is 30.6 Å². The Labute approximate surface area is 160 Å². The molecular formula is C18H25N6O2P. The van der Waals surface area contributed by atoms with Crippen molar-refractivity contribution < 1.29 is 9.63 Å². The Morgan fingerprint density at radius 2 is 2.00 bits per heavy atom. The van der Waals surface area contributed by atoms with Crippen LogP contribution in [0.3, 0.4) is 0 Å². The number of hydrogen-bond acceptors (Lipinski definition) is 7. The minimum atomic E-state index is 0.462. The van der Waals surface area contributed by atoms with E-state index >= 15 is 0 Å². The first kappa shape index (κ1) is 19.5. The number of fused-ring (bicyclic) bond motifs is 1. The monoisotopic (exact) mass is 388 g/mol. The summed E-state index contributed by atoms with van der Waals surface area (Å²) in [5, 5.41) is 8.71. The van der Waals surface area contributed by atoms with Crippen molar-refractivity contribution in [3.05, 3.63) is 36.8 Å². The SMILES string of the molecule is COc1cccc2cnc(Nc3cnn(C4CCN(C)CC4)c3)nc12.OP. The van der Waals surface area contributed by atoms with Gasteiger partial charge in [-0.2, -0.15) is 5.10 Å². The molecule has 1 atom stereocenters. The maximum Gasteiger partial charge on any atom is 0.227 e. The number of para-hydroxylation sites is 1. The van der Waals surface area contributed by atoms with Gasteiger partial charge in [0.05, 0.1) is 25.0 Å². The molecule has 0 saturated carbocycles. The van der Waals surface area contributed by atoms with Crippen molar-refractivity contribution in [1.82, 2.24) is 24.6 Å². The van der Waals surface area contributed by atoms with Crippen molar-refractivity contribution in [3.8, 4) is 5.75 Å². The molecule has 0 amide bonds. The second-order valence-corrected chi connectivity index (χ2v) is 6.46. The van der Waals surface area contributed by atoms with Crippen LogP contribution < -0.4 is 10.1 Å². The quantitative estimate of drug-likeness (QED) is 0.664. The van der Waals surface area contributed by atoms with Gasteiger partial charge in [0.15, 0.2) is 0 Å². The Kier molecular flexibility index (Phi) is 6.55. The Balaban J connectivity index is 0.00000102. The minimum Gasteiger partial charge on any atom is -0.494 e. The van der Waals surface area contributed by atoms with Gasteiger partial charge in [-0.1, -0.05) is 12.1 Å². The normalized spacial score (nSPS) is 15.3. The van der Waals surface area contributed by atoms with Crippen LogP contribution in [0, 0.1) is 0 Å². The van der Waals surface area contributed by atoms with E-state index in [1.165, 1.54) is 9.47 Å². The van der Waals surface area contributed by atoms with Gasteiger partial charge in [0.25, 0.3) is 0 Å². The van der Waals surface area contributed by atoms with E-state index in [-0.39, 0.29) is 0 Å². The van der Waals surface area contributed by atoms with Gasteiger partial charge >= 0.3 is 0 Å². The van der Waals surface area contributed by atoms with Gasteiger partial charge in [-0.3, -0.25) is 4.68 Å². The van der Waals surface area contributed by atoms with Gasteiger partial charge in [-0.05, 0) is 48.5 Å². The van der Waals surface area contributed by atoms with Crippen LogP contribution in [0.1, 0.15) is 18.9 Å². The fourth-order valence-electron chi connectivity index (χ4n) is 3.24.